The predicted octanol–water partition coefficient (Wildman–Crippen LogP) is 1.28. The van der Waals surface area contributed by atoms with Gasteiger partial charge < -0.3 is 15.7 Å². The van der Waals surface area contributed by atoms with Crippen LogP contribution in [0.15, 0.2) is 29.4 Å². The summed E-state index contributed by atoms with van der Waals surface area (Å²) in [6.45, 7) is 1.31. The number of halogens is 1. The quantitative estimate of drug-likeness (QED) is 0.379. The van der Waals surface area contributed by atoms with Gasteiger partial charge in [0.15, 0.2) is 5.96 Å². The Morgan fingerprint density at radius 1 is 1.48 bits per heavy atom. The molecular formula is C14H23IN4OS. The molecule has 1 saturated heterocycles. The molecule has 0 bridgehead atoms. The molecule has 0 amide bonds. The minimum Gasteiger partial charge on any atom is -0.387 e. The molecule has 0 spiro atoms. The molecule has 1 aliphatic rings. The van der Waals surface area contributed by atoms with E-state index in [1.54, 1.807) is 25.0 Å². The second kappa shape index (κ2) is 9.47. The fourth-order valence-electron chi connectivity index (χ4n) is 2.06. The number of guanidine groups is 1. The molecule has 1 atom stereocenters. The maximum absolute atomic E-state index is 10.3. The highest BCUT2D eigenvalue weighted by molar-refractivity contribution is 14.0. The summed E-state index contributed by atoms with van der Waals surface area (Å²) in [4.78, 5) is 8.45. The highest BCUT2D eigenvalue weighted by Gasteiger charge is 2.31. The van der Waals surface area contributed by atoms with Crippen molar-refractivity contribution < 1.29 is 5.11 Å². The van der Waals surface area contributed by atoms with Crippen molar-refractivity contribution in [3.8, 4) is 0 Å². The number of aromatic nitrogens is 1. The minimum absolute atomic E-state index is 0. The lowest BCUT2D eigenvalue weighted by atomic mass is 10.0. The standard InChI is InChI=1S/C14H22N4OS.HI/c1-15-13(18-10-14(19)6-9-20-11-14)17-8-5-12-4-2-3-7-16-12;/h2-4,7,19H,5-6,8-11H2,1H3,(H2,15,17,18);1H. The van der Waals surface area contributed by atoms with Crippen LogP contribution in [0.5, 0.6) is 0 Å². The fraction of sp³-hybridized carbons (Fsp3) is 0.571. The second-order valence-electron chi connectivity index (χ2n) is 4.95. The number of rotatable bonds is 5. The third kappa shape index (κ3) is 6.39. The van der Waals surface area contributed by atoms with Crippen LogP contribution in [0.4, 0.5) is 0 Å². The Morgan fingerprint density at radius 3 is 2.95 bits per heavy atom. The van der Waals surface area contributed by atoms with Gasteiger partial charge in [0.25, 0.3) is 0 Å². The zero-order chi connectivity index (χ0) is 14.3. The van der Waals surface area contributed by atoms with Gasteiger partial charge in [0.1, 0.15) is 0 Å². The Kier molecular flexibility index (Phi) is 8.35. The van der Waals surface area contributed by atoms with E-state index in [1.807, 2.05) is 18.2 Å². The highest BCUT2D eigenvalue weighted by atomic mass is 127. The van der Waals surface area contributed by atoms with E-state index in [1.165, 1.54) is 0 Å². The van der Waals surface area contributed by atoms with Crippen molar-refractivity contribution >= 4 is 41.7 Å². The lowest BCUT2D eigenvalue weighted by Crippen LogP contribution is -2.47. The molecule has 7 heteroatoms. The fourth-order valence-corrected chi connectivity index (χ4v) is 3.35. The van der Waals surface area contributed by atoms with Gasteiger partial charge in [-0.05, 0) is 24.3 Å². The SMILES string of the molecule is CN=C(NCCc1ccccn1)NCC1(O)CCSC1.I. The highest BCUT2D eigenvalue weighted by Crippen LogP contribution is 2.26. The zero-order valence-electron chi connectivity index (χ0n) is 12.2. The third-order valence-corrected chi connectivity index (χ3v) is 4.52. The molecule has 1 aliphatic heterocycles. The Morgan fingerprint density at radius 2 is 2.33 bits per heavy atom. The molecule has 1 aromatic rings. The predicted molar refractivity (Wildman–Crippen MR) is 99.6 cm³/mol. The number of nitrogens with one attached hydrogen (secondary N) is 2. The number of pyridine rings is 1. The van der Waals surface area contributed by atoms with Crippen LogP contribution in [-0.2, 0) is 6.42 Å². The van der Waals surface area contributed by atoms with Crippen LogP contribution in [0.3, 0.4) is 0 Å². The van der Waals surface area contributed by atoms with Crippen molar-refractivity contribution in [3.63, 3.8) is 0 Å². The van der Waals surface area contributed by atoms with Crippen LogP contribution in [0.1, 0.15) is 12.1 Å². The first kappa shape index (κ1) is 18.5. The van der Waals surface area contributed by atoms with Crippen LogP contribution in [0.25, 0.3) is 0 Å². The Labute approximate surface area is 147 Å². The monoisotopic (exact) mass is 422 g/mol. The second-order valence-corrected chi connectivity index (χ2v) is 6.06. The summed E-state index contributed by atoms with van der Waals surface area (Å²) in [7, 11) is 1.74. The van der Waals surface area contributed by atoms with E-state index in [4.69, 9.17) is 0 Å². The van der Waals surface area contributed by atoms with Gasteiger partial charge in [-0.3, -0.25) is 9.98 Å². The topological polar surface area (TPSA) is 69.5 Å². The van der Waals surface area contributed by atoms with Crippen molar-refractivity contribution in [1.29, 1.82) is 0 Å². The molecule has 0 saturated carbocycles. The molecule has 5 nitrogen and oxygen atoms in total. The molecule has 1 unspecified atom stereocenters. The first-order chi connectivity index (χ1) is 9.72. The maximum Gasteiger partial charge on any atom is 0.191 e. The molecule has 0 radical (unpaired) electrons. The molecule has 118 valence electrons. The number of hydrogen-bond acceptors (Lipinski definition) is 4. The van der Waals surface area contributed by atoms with Gasteiger partial charge in [-0.25, -0.2) is 0 Å². The van der Waals surface area contributed by atoms with Gasteiger partial charge in [0.05, 0.1) is 5.60 Å². The van der Waals surface area contributed by atoms with Gasteiger partial charge in [0, 0.05) is 44.2 Å². The third-order valence-electron chi connectivity index (χ3n) is 3.29. The normalized spacial score (nSPS) is 21.7. The first-order valence-corrected chi connectivity index (χ1v) is 8.02. The molecule has 2 rings (SSSR count). The van der Waals surface area contributed by atoms with Gasteiger partial charge in [-0.2, -0.15) is 11.8 Å². The van der Waals surface area contributed by atoms with Crippen LogP contribution in [0, 0.1) is 0 Å². The number of aliphatic imine (C=N–C) groups is 1. The number of nitrogens with zero attached hydrogens (tertiary/aromatic N) is 2. The first-order valence-electron chi connectivity index (χ1n) is 6.86. The van der Waals surface area contributed by atoms with Gasteiger partial charge in [-0.1, -0.05) is 6.07 Å². The Balaban J connectivity index is 0.00000220. The van der Waals surface area contributed by atoms with Crippen LogP contribution >= 0.6 is 35.7 Å². The van der Waals surface area contributed by atoms with Crippen molar-refractivity contribution in [2.24, 2.45) is 4.99 Å². The summed E-state index contributed by atoms with van der Waals surface area (Å²) < 4.78 is 0. The zero-order valence-corrected chi connectivity index (χ0v) is 15.4. The molecule has 0 aromatic carbocycles. The summed E-state index contributed by atoms with van der Waals surface area (Å²) in [5, 5.41) is 16.7. The number of thioether (sulfide) groups is 1. The van der Waals surface area contributed by atoms with E-state index in [2.05, 4.69) is 20.6 Å². The lowest BCUT2D eigenvalue weighted by Gasteiger charge is -2.23. The van der Waals surface area contributed by atoms with Crippen molar-refractivity contribution in [2.45, 2.75) is 18.4 Å². The van der Waals surface area contributed by atoms with Gasteiger partial charge in [-0.15, -0.1) is 24.0 Å². The van der Waals surface area contributed by atoms with E-state index in [-0.39, 0.29) is 24.0 Å². The number of aliphatic hydroxyl groups is 1. The minimum atomic E-state index is -0.594. The lowest BCUT2D eigenvalue weighted by molar-refractivity contribution is 0.0724. The molecule has 0 aliphatic carbocycles. The Bertz CT molecular complexity index is 438. The molecule has 2 heterocycles. The Hall–Kier alpha value is -0.540. The molecule has 1 aromatic heterocycles. The molecule has 1 fully saturated rings. The van der Waals surface area contributed by atoms with Gasteiger partial charge in [0.2, 0.25) is 0 Å². The molecule has 3 N–H and O–H groups in total. The van der Waals surface area contributed by atoms with Crippen molar-refractivity contribution in [2.75, 3.05) is 31.6 Å². The summed E-state index contributed by atoms with van der Waals surface area (Å²) in [6, 6.07) is 5.91. The summed E-state index contributed by atoms with van der Waals surface area (Å²) in [5.41, 5.74) is 0.463. The summed E-state index contributed by atoms with van der Waals surface area (Å²) in [6.07, 6.45) is 3.49. The molecule has 21 heavy (non-hydrogen) atoms. The smallest absolute Gasteiger partial charge is 0.191 e. The van der Waals surface area contributed by atoms with Crippen molar-refractivity contribution in [3.05, 3.63) is 30.1 Å². The van der Waals surface area contributed by atoms with Gasteiger partial charge >= 0.3 is 0 Å². The van der Waals surface area contributed by atoms with Crippen LogP contribution in [-0.4, -0.2) is 53.3 Å². The average molecular weight is 422 g/mol. The molecular weight excluding hydrogens is 399 g/mol. The van der Waals surface area contributed by atoms with E-state index < -0.39 is 5.60 Å². The largest absolute Gasteiger partial charge is 0.387 e. The van der Waals surface area contributed by atoms with E-state index in [0.29, 0.717) is 6.54 Å². The number of hydrogen-bond donors (Lipinski definition) is 3. The van der Waals surface area contributed by atoms with E-state index in [9.17, 15) is 5.11 Å². The van der Waals surface area contributed by atoms with Crippen LogP contribution < -0.4 is 10.6 Å². The van der Waals surface area contributed by atoms with Crippen molar-refractivity contribution in [1.82, 2.24) is 15.6 Å². The summed E-state index contributed by atoms with van der Waals surface area (Å²) in [5.74, 6) is 2.56. The van der Waals surface area contributed by atoms with E-state index in [0.717, 1.165) is 42.5 Å². The summed E-state index contributed by atoms with van der Waals surface area (Å²) >= 11 is 1.80. The van der Waals surface area contributed by atoms with E-state index >= 15 is 0 Å². The average Bonchev–Trinajstić information content (AvgIpc) is 2.91. The maximum atomic E-state index is 10.3. The van der Waals surface area contributed by atoms with Crippen LogP contribution in [0.2, 0.25) is 0 Å².